The third-order valence-electron chi connectivity index (χ3n) is 2.27. The van der Waals surface area contributed by atoms with E-state index in [1.165, 1.54) is 6.42 Å². The molecule has 0 saturated heterocycles. The first-order valence-electron chi connectivity index (χ1n) is 4.56. The molecule has 1 saturated carbocycles. The van der Waals surface area contributed by atoms with E-state index in [-0.39, 0.29) is 12.2 Å². The lowest BCUT2D eigenvalue weighted by molar-refractivity contribution is 0.100. The van der Waals surface area contributed by atoms with E-state index in [1.807, 2.05) is 13.8 Å². The Kier molecular flexibility index (Phi) is 2.95. The fourth-order valence-electron chi connectivity index (χ4n) is 1.28. The summed E-state index contributed by atoms with van der Waals surface area (Å²) in [6.07, 6.45) is 2.00. The summed E-state index contributed by atoms with van der Waals surface area (Å²) in [7, 11) is 0. The van der Waals surface area contributed by atoms with Crippen LogP contribution in [0.1, 0.15) is 33.6 Å². The molecule has 0 heterocycles. The average Bonchev–Trinajstić information content (AvgIpc) is 1.96. The molecule has 3 heteroatoms. The molecule has 0 aliphatic heterocycles. The Bertz CT molecular complexity index is 168. The highest BCUT2D eigenvalue weighted by molar-refractivity contribution is 5.67. The van der Waals surface area contributed by atoms with E-state index < -0.39 is 0 Å². The molecule has 2 unspecified atom stereocenters. The smallest absolute Gasteiger partial charge is 0.407 e. The van der Waals surface area contributed by atoms with Gasteiger partial charge in [-0.05, 0) is 32.6 Å². The van der Waals surface area contributed by atoms with Gasteiger partial charge in [0, 0.05) is 6.04 Å². The molecule has 12 heavy (non-hydrogen) atoms. The molecule has 0 aromatic rings. The number of carbonyl (C=O) groups is 1. The van der Waals surface area contributed by atoms with Gasteiger partial charge in [-0.1, -0.05) is 6.92 Å². The van der Waals surface area contributed by atoms with Crippen molar-refractivity contribution in [3.05, 3.63) is 0 Å². The molecule has 1 amide bonds. The fourth-order valence-corrected chi connectivity index (χ4v) is 1.28. The van der Waals surface area contributed by atoms with E-state index in [1.54, 1.807) is 0 Å². The molecule has 1 rings (SSSR count). The highest BCUT2D eigenvalue weighted by atomic mass is 16.6. The number of hydrogen-bond acceptors (Lipinski definition) is 2. The maximum Gasteiger partial charge on any atom is 0.407 e. The molecule has 0 bridgehead atoms. The number of rotatable bonds is 2. The van der Waals surface area contributed by atoms with Crippen molar-refractivity contribution in [3.63, 3.8) is 0 Å². The number of hydrogen-bond donors (Lipinski definition) is 1. The molecule has 1 N–H and O–H groups in total. The standard InChI is InChI=1S/C9H17NO2/c1-6(2)12-9(11)10-8-5-4-7(8)3/h6-8H,4-5H2,1-3H3,(H,10,11). The maximum atomic E-state index is 11.1. The van der Waals surface area contributed by atoms with Crippen LogP contribution < -0.4 is 5.32 Å². The lowest BCUT2D eigenvalue weighted by Crippen LogP contribution is -2.46. The molecule has 0 radical (unpaired) electrons. The fraction of sp³-hybridized carbons (Fsp3) is 0.889. The zero-order valence-corrected chi connectivity index (χ0v) is 7.96. The molecule has 1 fully saturated rings. The number of ether oxygens (including phenoxy) is 1. The van der Waals surface area contributed by atoms with E-state index in [9.17, 15) is 4.79 Å². The summed E-state index contributed by atoms with van der Waals surface area (Å²) >= 11 is 0. The third kappa shape index (κ3) is 2.40. The second kappa shape index (κ2) is 3.78. The van der Waals surface area contributed by atoms with Gasteiger partial charge in [-0.2, -0.15) is 0 Å². The van der Waals surface area contributed by atoms with Crippen LogP contribution in [-0.4, -0.2) is 18.2 Å². The Balaban J connectivity index is 2.17. The van der Waals surface area contributed by atoms with Gasteiger partial charge in [0.1, 0.15) is 0 Å². The van der Waals surface area contributed by atoms with Crippen molar-refractivity contribution in [1.82, 2.24) is 5.32 Å². The summed E-state index contributed by atoms with van der Waals surface area (Å²) < 4.78 is 4.95. The molecule has 0 aromatic heterocycles. The van der Waals surface area contributed by atoms with E-state index in [4.69, 9.17) is 4.74 Å². The van der Waals surface area contributed by atoms with Crippen LogP contribution in [0.3, 0.4) is 0 Å². The average molecular weight is 171 g/mol. The Morgan fingerprint density at radius 2 is 2.17 bits per heavy atom. The zero-order chi connectivity index (χ0) is 9.14. The van der Waals surface area contributed by atoms with Crippen LogP contribution in [0, 0.1) is 5.92 Å². The van der Waals surface area contributed by atoms with Crippen LogP contribution in [0.4, 0.5) is 4.79 Å². The molecule has 0 aromatic carbocycles. The summed E-state index contributed by atoms with van der Waals surface area (Å²) in [6, 6.07) is 0.344. The summed E-state index contributed by atoms with van der Waals surface area (Å²) in [5.41, 5.74) is 0. The third-order valence-corrected chi connectivity index (χ3v) is 2.27. The Labute approximate surface area is 73.5 Å². The summed E-state index contributed by atoms with van der Waals surface area (Å²) in [5.74, 6) is 0.615. The summed E-state index contributed by atoms with van der Waals surface area (Å²) in [5, 5.41) is 2.84. The lowest BCUT2D eigenvalue weighted by Gasteiger charge is -2.34. The predicted molar refractivity (Wildman–Crippen MR) is 46.9 cm³/mol. The zero-order valence-electron chi connectivity index (χ0n) is 7.96. The first kappa shape index (κ1) is 9.36. The van der Waals surface area contributed by atoms with E-state index in [2.05, 4.69) is 12.2 Å². The SMILES string of the molecule is CC(C)OC(=O)NC1CCC1C. The van der Waals surface area contributed by atoms with Crippen LogP contribution in [0.25, 0.3) is 0 Å². The number of amides is 1. The number of carbonyl (C=O) groups excluding carboxylic acids is 1. The Morgan fingerprint density at radius 3 is 2.50 bits per heavy atom. The van der Waals surface area contributed by atoms with Gasteiger partial charge in [0.2, 0.25) is 0 Å². The summed E-state index contributed by atoms with van der Waals surface area (Å²) in [6.45, 7) is 5.84. The quantitative estimate of drug-likeness (QED) is 0.689. The molecular weight excluding hydrogens is 154 g/mol. The van der Waals surface area contributed by atoms with Crippen LogP contribution >= 0.6 is 0 Å². The summed E-state index contributed by atoms with van der Waals surface area (Å²) in [4.78, 5) is 11.1. The van der Waals surface area contributed by atoms with Gasteiger partial charge in [-0.25, -0.2) is 4.79 Å². The van der Waals surface area contributed by atoms with Crippen LogP contribution in [0.5, 0.6) is 0 Å². The minimum absolute atomic E-state index is 0.0274. The van der Waals surface area contributed by atoms with Crippen molar-refractivity contribution in [2.45, 2.75) is 45.8 Å². The second-order valence-electron chi connectivity index (χ2n) is 3.76. The van der Waals surface area contributed by atoms with E-state index in [0.29, 0.717) is 12.0 Å². The molecular formula is C9H17NO2. The van der Waals surface area contributed by atoms with Gasteiger partial charge in [-0.15, -0.1) is 0 Å². The monoisotopic (exact) mass is 171 g/mol. The van der Waals surface area contributed by atoms with Crippen LogP contribution in [0.2, 0.25) is 0 Å². The highest BCUT2D eigenvalue weighted by Gasteiger charge is 2.28. The van der Waals surface area contributed by atoms with Gasteiger partial charge in [-0.3, -0.25) is 0 Å². The van der Waals surface area contributed by atoms with Gasteiger partial charge < -0.3 is 10.1 Å². The minimum Gasteiger partial charge on any atom is -0.447 e. The second-order valence-corrected chi connectivity index (χ2v) is 3.76. The van der Waals surface area contributed by atoms with Crippen molar-refractivity contribution in [2.75, 3.05) is 0 Å². The van der Waals surface area contributed by atoms with Crippen LogP contribution in [0.15, 0.2) is 0 Å². The molecule has 1 aliphatic rings. The first-order valence-corrected chi connectivity index (χ1v) is 4.56. The van der Waals surface area contributed by atoms with Crippen molar-refractivity contribution in [1.29, 1.82) is 0 Å². The molecule has 0 spiro atoms. The Hall–Kier alpha value is -0.730. The normalized spacial score (nSPS) is 28.0. The topological polar surface area (TPSA) is 38.3 Å². The lowest BCUT2D eigenvalue weighted by atomic mass is 9.81. The maximum absolute atomic E-state index is 11.1. The molecule has 2 atom stereocenters. The largest absolute Gasteiger partial charge is 0.447 e. The van der Waals surface area contributed by atoms with Crippen molar-refractivity contribution in [3.8, 4) is 0 Å². The van der Waals surface area contributed by atoms with E-state index in [0.717, 1.165) is 6.42 Å². The highest BCUT2D eigenvalue weighted by Crippen LogP contribution is 2.26. The van der Waals surface area contributed by atoms with Gasteiger partial charge in [0.15, 0.2) is 0 Å². The van der Waals surface area contributed by atoms with Crippen molar-refractivity contribution < 1.29 is 9.53 Å². The van der Waals surface area contributed by atoms with E-state index >= 15 is 0 Å². The molecule has 70 valence electrons. The van der Waals surface area contributed by atoms with Crippen molar-refractivity contribution in [2.24, 2.45) is 5.92 Å². The van der Waals surface area contributed by atoms with Crippen LogP contribution in [-0.2, 0) is 4.74 Å². The minimum atomic E-state index is -0.276. The molecule has 1 aliphatic carbocycles. The van der Waals surface area contributed by atoms with Gasteiger partial charge in [0.25, 0.3) is 0 Å². The van der Waals surface area contributed by atoms with Gasteiger partial charge in [0.05, 0.1) is 6.10 Å². The van der Waals surface area contributed by atoms with Crippen molar-refractivity contribution >= 4 is 6.09 Å². The Morgan fingerprint density at radius 1 is 1.50 bits per heavy atom. The number of nitrogens with one attached hydrogen (secondary N) is 1. The number of alkyl carbamates (subject to hydrolysis) is 1. The molecule has 3 nitrogen and oxygen atoms in total. The van der Waals surface area contributed by atoms with Gasteiger partial charge >= 0.3 is 6.09 Å². The first-order chi connectivity index (χ1) is 5.59. The predicted octanol–water partition coefficient (Wildman–Crippen LogP) is 1.92.